The van der Waals surface area contributed by atoms with Crippen LogP contribution in [0, 0.1) is 0 Å². The Bertz CT molecular complexity index is 373. The van der Waals surface area contributed by atoms with Gasteiger partial charge in [-0.1, -0.05) is 31.4 Å². The number of amides is 1. The smallest absolute Gasteiger partial charge is 0.283 e. The van der Waals surface area contributed by atoms with Crippen LogP contribution in [0.15, 0.2) is 24.3 Å². The highest BCUT2D eigenvalue weighted by Gasteiger charge is 2.15. The van der Waals surface area contributed by atoms with Crippen molar-refractivity contribution in [3.63, 3.8) is 0 Å². The van der Waals surface area contributed by atoms with Gasteiger partial charge in [0.25, 0.3) is 5.24 Å². The van der Waals surface area contributed by atoms with Crippen molar-refractivity contribution in [3.8, 4) is 5.75 Å². The molecule has 0 unspecified atom stereocenters. The first-order chi connectivity index (χ1) is 7.90. The number of hydrogen-bond donors (Lipinski definition) is 1. The molecule has 0 aliphatic carbocycles. The SMILES string of the molecule is COc1ccc(NC(=O)SC[Si](C)(C)C)cc1. The van der Waals surface area contributed by atoms with Crippen LogP contribution in [0.1, 0.15) is 0 Å². The average Bonchev–Trinajstić information content (AvgIpc) is 2.27. The first kappa shape index (κ1) is 14.1. The maximum atomic E-state index is 11.7. The van der Waals surface area contributed by atoms with Gasteiger partial charge in [0, 0.05) is 5.69 Å². The average molecular weight is 269 g/mol. The summed E-state index contributed by atoms with van der Waals surface area (Å²) in [5.74, 6) is 0.790. The molecule has 0 saturated heterocycles. The fourth-order valence-corrected chi connectivity index (χ4v) is 3.56. The Kier molecular flexibility index (Phi) is 5.08. The number of carbonyl (C=O) groups is 1. The molecule has 94 valence electrons. The lowest BCUT2D eigenvalue weighted by atomic mass is 10.3. The number of benzene rings is 1. The summed E-state index contributed by atoms with van der Waals surface area (Å²) in [7, 11) is 0.453. The van der Waals surface area contributed by atoms with Crippen LogP contribution in [-0.2, 0) is 0 Å². The van der Waals surface area contributed by atoms with Crippen LogP contribution >= 0.6 is 11.8 Å². The van der Waals surface area contributed by atoms with Crippen molar-refractivity contribution >= 4 is 30.8 Å². The van der Waals surface area contributed by atoms with Gasteiger partial charge < -0.3 is 10.1 Å². The van der Waals surface area contributed by atoms with E-state index in [9.17, 15) is 4.79 Å². The zero-order chi connectivity index (χ0) is 12.9. The Balaban J connectivity index is 2.45. The molecule has 0 spiro atoms. The van der Waals surface area contributed by atoms with Crippen molar-refractivity contribution in [1.82, 2.24) is 0 Å². The van der Waals surface area contributed by atoms with Gasteiger partial charge in [0.2, 0.25) is 0 Å². The van der Waals surface area contributed by atoms with Gasteiger partial charge in [-0.25, -0.2) is 0 Å². The highest BCUT2D eigenvalue weighted by molar-refractivity contribution is 8.15. The quantitative estimate of drug-likeness (QED) is 0.844. The molecule has 3 nitrogen and oxygen atoms in total. The van der Waals surface area contributed by atoms with Crippen LogP contribution in [0.3, 0.4) is 0 Å². The summed E-state index contributed by atoms with van der Waals surface area (Å²) < 4.78 is 5.05. The number of carbonyl (C=O) groups excluding carboxylic acids is 1. The van der Waals surface area contributed by atoms with Crippen LogP contribution in [0.4, 0.5) is 10.5 Å². The number of anilines is 1. The van der Waals surface area contributed by atoms with Gasteiger partial charge >= 0.3 is 0 Å². The molecule has 1 amide bonds. The lowest BCUT2D eigenvalue weighted by Gasteiger charge is -2.14. The molecule has 1 N–H and O–H groups in total. The van der Waals surface area contributed by atoms with Crippen LogP contribution < -0.4 is 10.1 Å². The second kappa shape index (κ2) is 6.12. The predicted molar refractivity (Wildman–Crippen MR) is 77.8 cm³/mol. The summed E-state index contributed by atoms with van der Waals surface area (Å²) in [6.07, 6.45) is 0. The molecule has 5 heteroatoms. The summed E-state index contributed by atoms with van der Waals surface area (Å²) in [5.41, 5.74) is 0.805. The van der Waals surface area contributed by atoms with E-state index in [2.05, 4.69) is 25.0 Å². The van der Waals surface area contributed by atoms with E-state index in [0.29, 0.717) is 0 Å². The van der Waals surface area contributed by atoms with Crippen molar-refractivity contribution in [2.24, 2.45) is 0 Å². The highest BCUT2D eigenvalue weighted by Crippen LogP contribution is 2.18. The lowest BCUT2D eigenvalue weighted by molar-refractivity contribution is 0.270. The van der Waals surface area contributed by atoms with Gasteiger partial charge in [-0.05, 0) is 29.6 Å². The largest absolute Gasteiger partial charge is 0.497 e. The zero-order valence-corrected chi connectivity index (χ0v) is 12.6. The fraction of sp³-hybridized carbons (Fsp3) is 0.417. The summed E-state index contributed by atoms with van der Waals surface area (Å²) in [6.45, 7) is 6.75. The van der Waals surface area contributed by atoms with Gasteiger partial charge in [0.15, 0.2) is 0 Å². The molecule has 1 aromatic carbocycles. The molecule has 0 fully saturated rings. The number of hydrogen-bond acceptors (Lipinski definition) is 3. The Labute approximate surface area is 108 Å². The van der Waals surface area contributed by atoms with Crippen molar-refractivity contribution in [2.45, 2.75) is 19.6 Å². The Hall–Kier alpha value is -0.943. The second-order valence-corrected chi connectivity index (χ2v) is 11.9. The van der Waals surface area contributed by atoms with E-state index in [-0.39, 0.29) is 5.24 Å². The normalized spacial score (nSPS) is 11.1. The van der Waals surface area contributed by atoms with Gasteiger partial charge in [-0.3, -0.25) is 4.79 Å². The van der Waals surface area contributed by atoms with Crippen molar-refractivity contribution < 1.29 is 9.53 Å². The molecule has 0 atom stereocenters. The van der Waals surface area contributed by atoms with Crippen molar-refractivity contribution in [3.05, 3.63) is 24.3 Å². The molecule has 0 aromatic heterocycles. The minimum atomic E-state index is -1.17. The highest BCUT2D eigenvalue weighted by atomic mass is 32.2. The molecule has 0 aliphatic heterocycles. The summed E-state index contributed by atoms with van der Waals surface area (Å²) in [6, 6.07) is 7.34. The molecule has 0 heterocycles. The summed E-state index contributed by atoms with van der Waals surface area (Å²) >= 11 is 1.37. The van der Waals surface area contributed by atoms with E-state index >= 15 is 0 Å². The molecule has 1 rings (SSSR count). The molecule has 0 bridgehead atoms. The maximum Gasteiger partial charge on any atom is 0.283 e. The third-order valence-corrected chi connectivity index (χ3v) is 6.38. The predicted octanol–water partition coefficient (Wildman–Crippen LogP) is 3.84. The van der Waals surface area contributed by atoms with Gasteiger partial charge in [0.05, 0.1) is 15.2 Å². The van der Waals surface area contributed by atoms with Crippen LogP contribution in [0.25, 0.3) is 0 Å². The number of rotatable bonds is 4. The van der Waals surface area contributed by atoms with E-state index in [4.69, 9.17) is 4.74 Å². The third kappa shape index (κ3) is 5.79. The third-order valence-electron chi connectivity index (χ3n) is 1.97. The summed E-state index contributed by atoms with van der Waals surface area (Å²) in [5, 5.41) is 3.81. The maximum absolute atomic E-state index is 11.7. The standard InChI is InChI=1S/C12H19NO2SSi/c1-15-11-7-5-10(6-8-11)13-12(14)16-9-17(2,3)4/h5-8H,9H2,1-4H3,(H,13,14). The van der Waals surface area contributed by atoms with Gasteiger partial charge in [0.1, 0.15) is 5.75 Å². The zero-order valence-electron chi connectivity index (χ0n) is 10.7. The van der Waals surface area contributed by atoms with Crippen LogP contribution in [0.2, 0.25) is 19.6 Å². The molecular weight excluding hydrogens is 250 g/mol. The van der Waals surface area contributed by atoms with Crippen LogP contribution in [-0.4, -0.2) is 25.8 Å². The minimum absolute atomic E-state index is 0.0117. The first-order valence-electron chi connectivity index (χ1n) is 5.48. The Morgan fingerprint density at radius 1 is 1.29 bits per heavy atom. The first-order valence-corrected chi connectivity index (χ1v) is 10.2. The molecule has 0 aliphatic rings. The minimum Gasteiger partial charge on any atom is -0.497 e. The number of ether oxygens (including phenoxy) is 1. The lowest BCUT2D eigenvalue weighted by Crippen LogP contribution is -2.25. The molecule has 1 aromatic rings. The molecule has 17 heavy (non-hydrogen) atoms. The number of thioether (sulfide) groups is 1. The summed E-state index contributed by atoms with van der Waals surface area (Å²) in [4.78, 5) is 11.7. The number of nitrogens with one attached hydrogen (secondary N) is 1. The van der Waals surface area contributed by atoms with E-state index < -0.39 is 8.07 Å². The monoisotopic (exact) mass is 269 g/mol. The van der Waals surface area contributed by atoms with E-state index in [1.54, 1.807) is 7.11 Å². The number of methoxy groups -OCH3 is 1. The van der Waals surface area contributed by atoms with Gasteiger partial charge in [-0.15, -0.1) is 0 Å². The van der Waals surface area contributed by atoms with Gasteiger partial charge in [-0.2, -0.15) is 0 Å². The molecule has 0 saturated carbocycles. The Morgan fingerprint density at radius 2 is 1.88 bits per heavy atom. The van der Waals surface area contributed by atoms with E-state index in [0.717, 1.165) is 16.8 Å². The van der Waals surface area contributed by atoms with Crippen molar-refractivity contribution in [2.75, 3.05) is 17.8 Å². The van der Waals surface area contributed by atoms with E-state index in [1.165, 1.54) is 11.8 Å². The topological polar surface area (TPSA) is 38.3 Å². The molecular formula is C12H19NO2SSi. The second-order valence-electron chi connectivity index (χ2n) is 4.99. The van der Waals surface area contributed by atoms with Crippen LogP contribution in [0.5, 0.6) is 5.75 Å². The Morgan fingerprint density at radius 3 is 2.35 bits per heavy atom. The fourth-order valence-electron chi connectivity index (χ4n) is 1.11. The van der Waals surface area contributed by atoms with E-state index in [1.807, 2.05) is 24.3 Å². The molecule has 0 radical (unpaired) electrons. The van der Waals surface area contributed by atoms with Crippen molar-refractivity contribution in [1.29, 1.82) is 0 Å².